The lowest BCUT2D eigenvalue weighted by atomic mass is 9.87. The minimum Gasteiger partial charge on any atom is -0.463 e. The number of esters is 1. The molecular weight excluding hydrogens is 448 g/mol. The lowest BCUT2D eigenvalue weighted by Crippen LogP contribution is -2.26. The Kier molecular flexibility index (Phi) is 7.01. The van der Waals surface area contributed by atoms with Crippen molar-refractivity contribution in [2.24, 2.45) is 5.73 Å². The molecule has 0 unspecified atom stereocenters. The standard InChI is InChI=1S/C21H16N6O3S2/c1-2-29-21(28)17-14(10-32-20-12(8-23)6-11(7-22)18(25)27-20)30-19(26)13(9-24)16(17)15-4-3-5-31-15/h3-6,16H,2,10,26H2,1H3,(H2,25,27)/t16-/m0/s1. The molecule has 1 aliphatic rings. The molecule has 0 aromatic carbocycles. The van der Waals surface area contributed by atoms with Crippen molar-refractivity contribution in [3.63, 3.8) is 0 Å². The molecule has 2 aromatic heterocycles. The van der Waals surface area contributed by atoms with Crippen molar-refractivity contribution < 1.29 is 14.3 Å². The second kappa shape index (κ2) is 9.88. The van der Waals surface area contributed by atoms with E-state index in [4.69, 9.17) is 26.2 Å². The zero-order valence-electron chi connectivity index (χ0n) is 16.8. The number of aromatic nitrogens is 1. The number of hydrogen-bond acceptors (Lipinski definition) is 11. The smallest absolute Gasteiger partial charge is 0.338 e. The van der Waals surface area contributed by atoms with Crippen LogP contribution in [-0.4, -0.2) is 23.3 Å². The SMILES string of the molecule is CCOC(=O)C1=C(CSc2nc(N)c(C#N)cc2C#N)OC(N)=C(C#N)[C@H]1c1cccs1. The van der Waals surface area contributed by atoms with Crippen LogP contribution in [0.5, 0.6) is 0 Å². The molecule has 3 heterocycles. The largest absolute Gasteiger partial charge is 0.463 e. The second-order valence-electron chi connectivity index (χ2n) is 6.28. The van der Waals surface area contributed by atoms with E-state index >= 15 is 0 Å². The van der Waals surface area contributed by atoms with Gasteiger partial charge in [-0.15, -0.1) is 11.3 Å². The molecule has 0 spiro atoms. The number of hydrogen-bond donors (Lipinski definition) is 2. The summed E-state index contributed by atoms with van der Waals surface area (Å²) < 4.78 is 10.9. The van der Waals surface area contributed by atoms with Gasteiger partial charge in [0.1, 0.15) is 40.4 Å². The number of nitriles is 3. The molecule has 3 rings (SSSR count). The molecule has 1 atom stereocenters. The van der Waals surface area contributed by atoms with Gasteiger partial charge in [-0.05, 0) is 24.4 Å². The molecule has 0 radical (unpaired) electrons. The van der Waals surface area contributed by atoms with Gasteiger partial charge >= 0.3 is 5.97 Å². The maximum atomic E-state index is 12.9. The number of nitrogens with two attached hydrogens (primary N) is 2. The number of carbonyl (C=O) groups is 1. The normalized spacial score (nSPS) is 15.4. The Labute approximate surface area is 192 Å². The topological polar surface area (TPSA) is 172 Å². The molecule has 0 saturated heterocycles. The number of nitrogen functional groups attached to an aromatic ring is 1. The third-order valence-corrected chi connectivity index (χ3v) is 6.35. The molecule has 160 valence electrons. The molecule has 0 fully saturated rings. The molecule has 0 aliphatic carbocycles. The van der Waals surface area contributed by atoms with Crippen LogP contribution in [0.2, 0.25) is 0 Å². The minimum absolute atomic E-state index is 0.0132. The number of thiophene rings is 1. The van der Waals surface area contributed by atoms with Crippen LogP contribution >= 0.6 is 23.1 Å². The average Bonchev–Trinajstić information content (AvgIpc) is 3.31. The van der Waals surface area contributed by atoms with Gasteiger partial charge in [0.2, 0.25) is 5.88 Å². The number of nitrogens with zero attached hydrogens (tertiary/aromatic N) is 4. The molecule has 11 heteroatoms. The first-order chi connectivity index (χ1) is 15.4. The number of ether oxygens (including phenoxy) is 2. The highest BCUT2D eigenvalue weighted by molar-refractivity contribution is 7.99. The van der Waals surface area contributed by atoms with Crippen molar-refractivity contribution in [3.8, 4) is 18.2 Å². The van der Waals surface area contributed by atoms with E-state index < -0.39 is 11.9 Å². The zero-order chi connectivity index (χ0) is 23.3. The predicted molar refractivity (Wildman–Crippen MR) is 117 cm³/mol. The molecule has 0 amide bonds. The van der Waals surface area contributed by atoms with Crippen LogP contribution in [0.15, 0.2) is 51.4 Å². The molecule has 0 saturated carbocycles. The van der Waals surface area contributed by atoms with Crippen LogP contribution < -0.4 is 11.5 Å². The summed E-state index contributed by atoms with van der Waals surface area (Å²) in [7, 11) is 0. The summed E-state index contributed by atoms with van der Waals surface area (Å²) in [5.41, 5.74) is 12.3. The van der Waals surface area contributed by atoms with E-state index in [0.29, 0.717) is 0 Å². The van der Waals surface area contributed by atoms with Gasteiger partial charge in [0.15, 0.2) is 0 Å². The zero-order valence-corrected chi connectivity index (χ0v) is 18.4. The van der Waals surface area contributed by atoms with Crippen molar-refractivity contribution in [1.29, 1.82) is 15.8 Å². The van der Waals surface area contributed by atoms with Crippen molar-refractivity contribution in [3.05, 3.63) is 62.4 Å². The second-order valence-corrected chi connectivity index (χ2v) is 8.23. The lowest BCUT2D eigenvalue weighted by molar-refractivity contribution is -0.139. The summed E-state index contributed by atoms with van der Waals surface area (Å²) in [6, 6.07) is 10.9. The first kappa shape index (κ1) is 22.7. The molecule has 4 N–H and O–H groups in total. The van der Waals surface area contributed by atoms with Crippen LogP contribution in [0.3, 0.4) is 0 Å². The van der Waals surface area contributed by atoms with Gasteiger partial charge in [-0.1, -0.05) is 17.8 Å². The predicted octanol–water partition coefficient (Wildman–Crippen LogP) is 2.89. The van der Waals surface area contributed by atoms with E-state index in [2.05, 4.69) is 4.98 Å². The van der Waals surface area contributed by atoms with Crippen molar-refractivity contribution in [2.45, 2.75) is 17.9 Å². The number of allylic oxidation sites excluding steroid dienone is 1. The first-order valence-electron chi connectivity index (χ1n) is 9.19. The van der Waals surface area contributed by atoms with Crippen molar-refractivity contribution in [2.75, 3.05) is 18.1 Å². The van der Waals surface area contributed by atoms with Crippen LogP contribution in [0.1, 0.15) is 28.8 Å². The number of pyridine rings is 1. The summed E-state index contributed by atoms with van der Waals surface area (Å²) in [6.45, 7) is 1.81. The highest BCUT2D eigenvalue weighted by Crippen LogP contribution is 2.42. The molecular formula is C21H16N6O3S2. The quantitative estimate of drug-likeness (QED) is 0.478. The van der Waals surface area contributed by atoms with Crippen LogP contribution in [0.25, 0.3) is 0 Å². The van der Waals surface area contributed by atoms with Gasteiger partial charge < -0.3 is 20.9 Å². The van der Waals surface area contributed by atoms with Gasteiger partial charge in [0, 0.05) is 4.88 Å². The summed E-state index contributed by atoms with van der Waals surface area (Å²) >= 11 is 2.46. The van der Waals surface area contributed by atoms with E-state index in [1.54, 1.807) is 19.1 Å². The van der Waals surface area contributed by atoms with Crippen LogP contribution in [0, 0.1) is 34.0 Å². The van der Waals surface area contributed by atoms with Crippen LogP contribution in [0.4, 0.5) is 5.82 Å². The number of anilines is 1. The van der Waals surface area contributed by atoms with Crippen molar-refractivity contribution >= 4 is 34.9 Å². The minimum atomic E-state index is -0.738. The average molecular weight is 465 g/mol. The van der Waals surface area contributed by atoms with Gasteiger partial charge in [-0.25, -0.2) is 9.78 Å². The highest BCUT2D eigenvalue weighted by Gasteiger charge is 2.38. The molecule has 9 nitrogen and oxygen atoms in total. The Morgan fingerprint density at radius 3 is 2.62 bits per heavy atom. The number of thioether (sulfide) groups is 1. The Morgan fingerprint density at radius 1 is 1.28 bits per heavy atom. The van der Waals surface area contributed by atoms with Gasteiger partial charge in [0.05, 0.1) is 35.0 Å². The number of rotatable bonds is 6. The number of carbonyl (C=O) groups excluding carboxylic acids is 1. The summed E-state index contributed by atoms with van der Waals surface area (Å²) in [4.78, 5) is 17.8. The summed E-state index contributed by atoms with van der Waals surface area (Å²) in [5, 5.41) is 30.3. The fraction of sp³-hybridized carbons (Fsp3) is 0.190. The van der Waals surface area contributed by atoms with E-state index in [9.17, 15) is 15.3 Å². The summed E-state index contributed by atoms with van der Waals surface area (Å²) in [6.07, 6.45) is 0. The van der Waals surface area contributed by atoms with Gasteiger partial charge in [0.25, 0.3) is 0 Å². The van der Waals surface area contributed by atoms with E-state index in [1.807, 2.05) is 23.6 Å². The molecule has 1 aliphatic heterocycles. The third kappa shape index (κ3) is 4.37. The van der Waals surface area contributed by atoms with E-state index in [1.165, 1.54) is 17.4 Å². The third-order valence-electron chi connectivity index (χ3n) is 4.42. The first-order valence-corrected chi connectivity index (χ1v) is 11.1. The molecule has 2 aromatic rings. The molecule has 32 heavy (non-hydrogen) atoms. The Hall–Kier alpha value is -3.98. The van der Waals surface area contributed by atoms with E-state index in [-0.39, 0.29) is 57.1 Å². The maximum absolute atomic E-state index is 12.9. The van der Waals surface area contributed by atoms with Gasteiger partial charge in [-0.3, -0.25) is 0 Å². The van der Waals surface area contributed by atoms with Gasteiger partial charge in [-0.2, -0.15) is 15.8 Å². The molecule has 0 bridgehead atoms. The Morgan fingerprint density at radius 2 is 2.03 bits per heavy atom. The van der Waals surface area contributed by atoms with Crippen LogP contribution in [-0.2, 0) is 14.3 Å². The Bertz CT molecular complexity index is 1250. The summed E-state index contributed by atoms with van der Waals surface area (Å²) in [5.74, 6) is -1.24. The maximum Gasteiger partial charge on any atom is 0.338 e. The monoisotopic (exact) mass is 464 g/mol. The lowest BCUT2D eigenvalue weighted by Gasteiger charge is -2.27. The highest BCUT2D eigenvalue weighted by atomic mass is 32.2. The fourth-order valence-electron chi connectivity index (χ4n) is 3.02. The fourth-order valence-corrected chi connectivity index (χ4v) is 4.77. The van der Waals surface area contributed by atoms with E-state index in [0.717, 1.165) is 16.6 Å². The van der Waals surface area contributed by atoms with Crippen molar-refractivity contribution in [1.82, 2.24) is 4.98 Å². The Balaban J connectivity index is 2.06.